The van der Waals surface area contributed by atoms with Crippen LogP contribution < -0.4 is 5.69 Å². The van der Waals surface area contributed by atoms with Crippen LogP contribution in [0.2, 0.25) is 0 Å². The van der Waals surface area contributed by atoms with Crippen molar-refractivity contribution in [2.24, 2.45) is 7.05 Å². The van der Waals surface area contributed by atoms with Gasteiger partial charge in [-0.1, -0.05) is 12.1 Å². The Hall–Kier alpha value is -2.56. The Kier molecular flexibility index (Phi) is 2.19. The van der Waals surface area contributed by atoms with Gasteiger partial charge in [-0.25, -0.2) is 9.78 Å². The number of phenolic OH excluding ortho intramolecular Hbond substituents is 1. The molecule has 0 aliphatic rings. The highest BCUT2D eigenvalue weighted by atomic mass is 16.3. The van der Waals surface area contributed by atoms with Crippen LogP contribution in [0.3, 0.4) is 0 Å². The molecule has 0 atom stereocenters. The standard InChI is InChI=1S/C13H11N3O2/c1-16-11-6-9(7-14-12(11)15-13(16)18)8-2-4-10(17)5-3-8/h2-7,17H,1H3,(H,14,15,18). The highest BCUT2D eigenvalue weighted by Gasteiger charge is 2.06. The molecule has 0 unspecified atom stereocenters. The first kappa shape index (κ1) is 10.6. The van der Waals surface area contributed by atoms with Crippen molar-refractivity contribution < 1.29 is 5.11 Å². The lowest BCUT2D eigenvalue weighted by molar-refractivity contribution is 0.475. The molecule has 0 radical (unpaired) electrons. The molecule has 0 aliphatic carbocycles. The summed E-state index contributed by atoms with van der Waals surface area (Å²) < 4.78 is 1.52. The van der Waals surface area contributed by atoms with Gasteiger partial charge in [0.2, 0.25) is 0 Å². The number of aromatic hydroxyl groups is 1. The normalized spacial score (nSPS) is 10.9. The summed E-state index contributed by atoms with van der Waals surface area (Å²) in [6.07, 6.45) is 1.70. The fraction of sp³-hybridized carbons (Fsp3) is 0.0769. The largest absolute Gasteiger partial charge is 0.508 e. The van der Waals surface area contributed by atoms with E-state index in [2.05, 4.69) is 9.97 Å². The highest BCUT2D eigenvalue weighted by Crippen LogP contribution is 2.23. The molecule has 5 heteroatoms. The summed E-state index contributed by atoms with van der Waals surface area (Å²) in [4.78, 5) is 18.4. The number of benzene rings is 1. The third-order valence-electron chi connectivity index (χ3n) is 2.96. The summed E-state index contributed by atoms with van der Waals surface area (Å²) in [5.74, 6) is 0.224. The molecule has 90 valence electrons. The van der Waals surface area contributed by atoms with Gasteiger partial charge in [0.1, 0.15) is 5.75 Å². The maximum Gasteiger partial charge on any atom is 0.327 e. The number of H-pyrrole nitrogens is 1. The van der Waals surface area contributed by atoms with Crippen LogP contribution in [0.15, 0.2) is 41.3 Å². The number of rotatable bonds is 1. The van der Waals surface area contributed by atoms with E-state index in [4.69, 9.17) is 0 Å². The third kappa shape index (κ3) is 1.57. The molecule has 3 aromatic rings. The van der Waals surface area contributed by atoms with Crippen molar-refractivity contribution in [2.45, 2.75) is 0 Å². The van der Waals surface area contributed by atoms with E-state index in [1.165, 1.54) is 4.57 Å². The maximum atomic E-state index is 11.5. The summed E-state index contributed by atoms with van der Waals surface area (Å²) >= 11 is 0. The number of nitrogens with zero attached hydrogens (tertiary/aromatic N) is 2. The fourth-order valence-corrected chi connectivity index (χ4v) is 1.91. The number of fused-ring (bicyclic) bond motifs is 1. The Morgan fingerprint density at radius 3 is 2.67 bits per heavy atom. The van der Waals surface area contributed by atoms with E-state index in [1.54, 1.807) is 25.4 Å². The van der Waals surface area contributed by atoms with Crippen LogP contribution in [0, 0.1) is 0 Å². The number of imidazole rings is 1. The Labute approximate surface area is 102 Å². The quantitative estimate of drug-likeness (QED) is 0.680. The summed E-state index contributed by atoms with van der Waals surface area (Å²) in [5.41, 5.74) is 2.99. The van der Waals surface area contributed by atoms with Crippen LogP contribution in [0.1, 0.15) is 0 Å². The van der Waals surface area contributed by atoms with Gasteiger partial charge in [-0.2, -0.15) is 0 Å². The van der Waals surface area contributed by atoms with Crippen LogP contribution in [0.4, 0.5) is 0 Å². The zero-order valence-electron chi connectivity index (χ0n) is 9.71. The van der Waals surface area contributed by atoms with Gasteiger partial charge in [-0.3, -0.25) is 9.55 Å². The highest BCUT2D eigenvalue weighted by molar-refractivity contribution is 5.78. The molecule has 2 aromatic heterocycles. The number of phenols is 1. The minimum atomic E-state index is -0.180. The van der Waals surface area contributed by atoms with Crippen LogP contribution in [-0.4, -0.2) is 19.6 Å². The predicted molar refractivity (Wildman–Crippen MR) is 68.4 cm³/mol. The van der Waals surface area contributed by atoms with E-state index < -0.39 is 0 Å². The molecular weight excluding hydrogens is 230 g/mol. The first-order valence-electron chi connectivity index (χ1n) is 5.49. The minimum Gasteiger partial charge on any atom is -0.508 e. The first-order valence-corrected chi connectivity index (χ1v) is 5.49. The second kappa shape index (κ2) is 3.73. The van der Waals surface area contributed by atoms with Crippen LogP contribution >= 0.6 is 0 Å². The van der Waals surface area contributed by atoms with Gasteiger partial charge in [0, 0.05) is 18.8 Å². The molecule has 0 saturated heterocycles. The molecule has 0 spiro atoms. The SMILES string of the molecule is Cn1c(=O)[nH]c2ncc(-c3ccc(O)cc3)cc21. The molecule has 0 aliphatic heterocycles. The van der Waals surface area contributed by atoms with Gasteiger partial charge in [-0.15, -0.1) is 0 Å². The van der Waals surface area contributed by atoms with E-state index in [0.717, 1.165) is 16.6 Å². The number of aromatic nitrogens is 3. The van der Waals surface area contributed by atoms with Crippen molar-refractivity contribution in [1.82, 2.24) is 14.5 Å². The van der Waals surface area contributed by atoms with Crippen molar-refractivity contribution in [3.63, 3.8) is 0 Å². The van der Waals surface area contributed by atoms with Gasteiger partial charge in [0.05, 0.1) is 5.52 Å². The minimum absolute atomic E-state index is 0.180. The van der Waals surface area contributed by atoms with Crippen LogP contribution in [0.5, 0.6) is 5.75 Å². The molecular formula is C13H11N3O2. The summed E-state index contributed by atoms with van der Waals surface area (Å²) in [7, 11) is 1.70. The maximum absolute atomic E-state index is 11.5. The summed E-state index contributed by atoms with van der Waals surface area (Å²) in [6, 6.07) is 8.75. The lowest BCUT2D eigenvalue weighted by atomic mass is 10.1. The third-order valence-corrected chi connectivity index (χ3v) is 2.96. The number of hydrogen-bond acceptors (Lipinski definition) is 3. The van der Waals surface area contributed by atoms with Crippen LogP contribution in [-0.2, 0) is 7.05 Å². The monoisotopic (exact) mass is 241 g/mol. The molecule has 0 bridgehead atoms. The zero-order chi connectivity index (χ0) is 12.7. The van der Waals surface area contributed by atoms with Crippen molar-refractivity contribution >= 4 is 11.2 Å². The molecule has 3 rings (SSSR count). The molecule has 2 N–H and O–H groups in total. The lowest BCUT2D eigenvalue weighted by Gasteiger charge is -2.02. The Balaban J connectivity index is 2.21. The van der Waals surface area contributed by atoms with Crippen molar-refractivity contribution in [3.05, 3.63) is 47.0 Å². The average molecular weight is 241 g/mol. The Bertz CT molecular complexity index is 769. The number of nitrogens with one attached hydrogen (secondary N) is 1. The van der Waals surface area contributed by atoms with Gasteiger partial charge in [0.25, 0.3) is 0 Å². The van der Waals surface area contributed by atoms with Crippen molar-refractivity contribution in [1.29, 1.82) is 0 Å². The molecule has 5 nitrogen and oxygen atoms in total. The molecule has 0 fully saturated rings. The van der Waals surface area contributed by atoms with E-state index >= 15 is 0 Å². The number of aryl methyl sites for hydroxylation is 1. The topological polar surface area (TPSA) is 70.9 Å². The molecule has 2 heterocycles. The summed E-state index contributed by atoms with van der Waals surface area (Å²) in [5, 5.41) is 9.26. The van der Waals surface area contributed by atoms with Crippen LogP contribution in [0.25, 0.3) is 22.3 Å². The van der Waals surface area contributed by atoms with Crippen molar-refractivity contribution in [3.8, 4) is 16.9 Å². The van der Waals surface area contributed by atoms with Gasteiger partial charge in [0.15, 0.2) is 5.65 Å². The Morgan fingerprint density at radius 2 is 1.94 bits per heavy atom. The van der Waals surface area contributed by atoms with E-state index in [1.807, 2.05) is 18.2 Å². The number of pyridine rings is 1. The molecule has 0 amide bonds. The van der Waals surface area contributed by atoms with E-state index in [9.17, 15) is 9.90 Å². The Morgan fingerprint density at radius 1 is 1.22 bits per heavy atom. The smallest absolute Gasteiger partial charge is 0.327 e. The number of hydrogen-bond donors (Lipinski definition) is 2. The van der Waals surface area contributed by atoms with Gasteiger partial charge in [-0.05, 0) is 23.8 Å². The predicted octanol–water partition coefficient (Wildman–Crippen LogP) is 1.63. The molecule has 0 saturated carbocycles. The molecule has 18 heavy (non-hydrogen) atoms. The second-order valence-electron chi connectivity index (χ2n) is 4.13. The zero-order valence-corrected chi connectivity index (χ0v) is 9.71. The van der Waals surface area contributed by atoms with E-state index in [-0.39, 0.29) is 11.4 Å². The second-order valence-corrected chi connectivity index (χ2v) is 4.13. The average Bonchev–Trinajstić information content (AvgIpc) is 2.66. The first-order chi connectivity index (χ1) is 8.65. The fourth-order valence-electron chi connectivity index (χ4n) is 1.91. The molecule has 1 aromatic carbocycles. The van der Waals surface area contributed by atoms with E-state index in [0.29, 0.717) is 5.65 Å². The number of aromatic amines is 1. The van der Waals surface area contributed by atoms with Gasteiger partial charge >= 0.3 is 5.69 Å². The summed E-state index contributed by atoms with van der Waals surface area (Å²) in [6.45, 7) is 0. The van der Waals surface area contributed by atoms with Gasteiger partial charge < -0.3 is 5.11 Å². The lowest BCUT2D eigenvalue weighted by Crippen LogP contribution is -2.11. The van der Waals surface area contributed by atoms with Crippen molar-refractivity contribution in [2.75, 3.05) is 0 Å².